The summed E-state index contributed by atoms with van der Waals surface area (Å²) in [5.74, 6) is -0.536. The molecule has 0 fully saturated rings. The highest BCUT2D eigenvalue weighted by Crippen LogP contribution is 2.24. The molecule has 1 atom stereocenters. The van der Waals surface area contributed by atoms with Gasteiger partial charge in [0.1, 0.15) is 11.9 Å². The van der Waals surface area contributed by atoms with Gasteiger partial charge in [0, 0.05) is 17.2 Å². The van der Waals surface area contributed by atoms with E-state index in [4.69, 9.17) is 0 Å². The Labute approximate surface area is 157 Å². The van der Waals surface area contributed by atoms with Gasteiger partial charge in [-0.25, -0.2) is 12.8 Å². The van der Waals surface area contributed by atoms with E-state index >= 15 is 0 Å². The second kappa shape index (κ2) is 9.05. The molecule has 26 heavy (non-hydrogen) atoms. The van der Waals surface area contributed by atoms with E-state index in [2.05, 4.69) is 5.32 Å². The van der Waals surface area contributed by atoms with E-state index < -0.39 is 27.8 Å². The van der Waals surface area contributed by atoms with Crippen LogP contribution in [0.4, 0.5) is 10.1 Å². The summed E-state index contributed by atoms with van der Waals surface area (Å²) in [6.07, 6.45) is 0.953. The standard InChI is InChI=1S/C18H21FN2O3S2/c1-14(18(22)20-12-13-25-15-8-4-3-5-9-15)21(26(2,23)24)17-11-7-6-10-16(17)19/h3-11,14H,12-13H2,1-2H3,(H,20,22)/t14-/m0/s1. The van der Waals surface area contributed by atoms with Crippen molar-refractivity contribution in [2.45, 2.75) is 17.9 Å². The number of sulfonamides is 1. The zero-order valence-electron chi connectivity index (χ0n) is 14.6. The van der Waals surface area contributed by atoms with Gasteiger partial charge in [0.25, 0.3) is 0 Å². The van der Waals surface area contributed by atoms with Crippen LogP contribution in [0.15, 0.2) is 59.5 Å². The van der Waals surface area contributed by atoms with Crippen molar-refractivity contribution < 1.29 is 17.6 Å². The zero-order valence-corrected chi connectivity index (χ0v) is 16.2. The molecule has 0 radical (unpaired) electrons. The summed E-state index contributed by atoms with van der Waals surface area (Å²) >= 11 is 1.58. The Kier molecular flexibility index (Phi) is 7.05. The van der Waals surface area contributed by atoms with Crippen LogP contribution in [0.1, 0.15) is 6.92 Å². The van der Waals surface area contributed by atoms with Gasteiger partial charge in [-0.15, -0.1) is 11.8 Å². The maximum absolute atomic E-state index is 14.0. The second-order valence-electron chi connectivity index (χ2n) is 5.64. The van der Waals surface area contributed by atoms with Crippen molar-refractivity contribution in [1.82, 2.24) is 5.32 Å². The Balaban J connectivity index is 2.00. The number of halogens is 1. The van der Waals surface area contributed by atoms with Crippen molar-refractivity contribution in [2.75, 3.05) is 22.9 Å². The predicted molar refractivity (Wildman–Crippen MR) is 103 cm³/mol. The molecule has 1 N–H and O–H groups in total. The number of carbonyl (C=O) groups excluding carboxylic acids is 1. The molecule has 0 aliphatic rings. The topological polar surface area (TPSA) is 66.5 Å². The lowest BCUT2D eigenvalue weighted by atomic mass is 10.2. The van der Waals surface area contributed by atoms with Crippen LogP contribution in [0.3, 0.4) is 0 Å². The molecular formula is C18H21FN2O3S2. The maximum Gasteiger partial charge on any atom is 0.243 e. The van der Waals surface area contributed by atoms with Gasteiger partial charge in [0.15, 0.2) is 0 Å². The lowest BCUT2D eigenvalue weighted by Crippen LogP contribution is -2.48. The third-order valence-corrected chi connectivity index (χ3v) is 5.83. The molecule has 0 aromatic heterocycles. The molecule has 1 amide bonds. The number of hydrogen-bond donors (Lipinski definition) is 1. The van der Waals surface area contributed by atoms with Crippen LogP contribution in [0, 0.1) is 5.82 Å². The molecule has 0 spiro atoms. The minimum Gasteiger partial charge on any atom is -0.353 e. The SMILES string of the molecule is C[C@@H](C(=O)NCCSc1ccccc1)N(c1ccccc1F)S(C)(=O)=O. The third kappa shape index (κ3) is 5.47. The summed E-state index contributed by atoms with van der Waals surface area (Å²) in [6.45, 7) is 1.81. The minimum atomic E-state index is -3.83. The number of amides is 1. The second-order valence-corrected chi connectivity index (χ2v) is 8.67. The third-order valence-electron chi connectivity index (χ3n) is 3.59. The first-order chi connectivity index (χ1) is 12.3. The van der Waals surface area contributed by atoms with Crippen LogP contribution in [0.2, 0.25) is 0 Å². The van der Waals surface area contributed by atoms with Gasteiger partial charge in [0.2, 0.25) is 15.9 Å². The van der Waals surface area contributed by atoms with Gasteiger partial charge in [0.05, 0.1) is 11.9 Å². The number of anilines is 1. The summed E-state index contributed by atoms with van der Waals surface area (Å²) in [7, 11) is -3.83. The highest BCUT2D eigenvalue weighted by atomic mass is 32.2. The van der Waals surface area contributed by atoms with Gasteiger partial charge < -0.3 is 5.32 Å². The molecule has 0 aliphatic carbocycles. The molecule has 0 unspecified atom stereocenters. The number of nitrogens with zero attached hydrogens (tertiary/aromatic N) is 1. The molecular weight excluding hydrogens is 375 g/mol. The van der Waals surface area contributed by atoms with Gasteiger partial charge >= 0.3 is 0 Å². The zero-order chi connectivity index (χ0) is 19.2. The number of nitrogens with one attached hydrogen (secondary N) is 1. The fourth-order valence-electron chi connectivity index (χ4n) is 2.42. The molecule has 0 aliphatic heterocycles. The first-order valence-corrected chi connectivity index (χ1v) is 10.8. The summed E-state index contributed by atoms with van der Waals surface area (Å²) in [6, 6.07) is 14.2. The highest BCUT2D eigenvalue weighted by Gasteiger charge is 2.30. The maximum atomic E-state index is 14.0. The molecule has 0 heterocycles. The van der Waals surface area contributed by atoms with Crippen molar-refractivity contribution in [3.8, 4) is 0 Å². The Bertz CT molecular complexity index is 845. The van der Waals surface area contributed by atoms with Gasteiger partial charge in [-0.3, -0.25) is 9.10 Å². The molecule has 0 bridgehead atoms. The van der Waals surface area contributed by atoms with Crippen LogP contribution in [0.25, 0.3) is 0 Å². The molecule has 140 valence electrons. The van der Waals surface area contributed by atoms with Crippen molar-refractivity contribution in [1.29, 1.82) is 0 Å². The molecule has 0 saturated carbocycles. The molecule has 2 aromatic carbocycles. The first-order valence-electron chi connectivity index (χ1n) is 8.00. The quantitative estimate of drug-likeness (QED) is 0.550. The smallest absolute Gasteiger partial charge is 0.243 e. The average Bonchev–Trinajstić information content (AvgIpc) is 2.60. The van der Waals surface area contributed by atoms with Crippen LogP contribution < -0.4 is 9.62 Å². The monoisotopic (exact) mass is 396 g/mol. The number of carbonyl (C=O) groups is 1. The number of rotatable bonds is 8. The summed E-state index contributed by atoms with van der Waals surface area (Å²) in [5.41, 5.74) is -0.142. The predicted octanol–water partition coefficient (Wildman–Crippen LogP) is 2.89. The summed E-state index contributed by atoms with van der Waals surface area (Å²) in [4.78, 5) is 13.5. The average molecular weight is 397 g/mol. The molecule has 8 heteroatoms. The van der Waals surface area contributed by atoms with E-state index in [1.807, 2.05) is 30.3 Å². The summed E-state index contributed by atoms with van der Waals surface area (Å²) < 4.78 is 39.1. The van der Waals surface area contributed by atoms with Crippen molar-refractivity contribution in [3.05, 3.63) is 60.4 Å². The summed E-state index contributed by atoms with van der Waals surface area (Å²) in [5, 5.41) is 2.71. The van der Waals surface area contributed by atoms with Crippen LogP contribution in [-0.2, 0) is 14.8 Å². The fraction of sp³-hybridized carbons (Fsp3) is 0.278. The molecule has 5 nitrogen and oxygen atoms in total. The number of para-hydroxylation sites is 1. The Morgan fingerprint density at radius 2 is 1.77 bits per heavy atom. The van der Waals surface area contributed by atoms with Crippen LogP contribution in [0.5, 0.6) is 0 Å². The highest BCUT2D eigenvalue weighted by molar-refractivity contribution is 7.99. The van der Waals surface area contributed by atoms with Crippen molar-refractivity contribution in [2.24, 2.45) is 0 Å². The lowest BCUT2D eigenvalue weighted by molar-refractivity contribution is -0.121. The van der Waals surface area contributed by atoms with Crippen LogP contribution >= 0.6 is 11.8 Å². The normalized spacial score (nSPS) is 12.4. The van der Waals surface area contributed by atoms with E-state index in [0.29, 0.717) is 12.3 Å². The number of hydrogen-bond acceptors (Lipinski definition) is 4. The van der Waals surface area contributed by atoms with E-state index in [9.17, 15) is 17.6 Å². The van der Waals surface area contributed by atoms with E-state index in [1.54, 1.807) is 11.8 Å². The van der Waals surface area contributed by atoms with Gasteiger partial charge in [-0.2, -0.15) is 0 Å². The largest absolute Gasteiger partial charge is 0.353 e. The van der Waals surface area contributed by atoms with Crippen molar-refractivity contribution >= 4 is 33.4 Å². The lowest BCUT2D eigenvalue weighted by Gasteiger charge is -2.28. The van der Waals surface area contributed by atoms with Gasteiger partial charge in [-0.1, -0.05) is 30.3 Å². The fourth-order valence-corrected chi connectivity index (χ4v) is 4.38. The van der Waals surface area contributed by atoms with E-state index in [-0.39, 0.29) is 5.69 Å². The Morgan fingerprint density at radius 1 is 1.15 bits per heavy atom. The first kappa shape index (κ1) is 20.3. The molecule has 0 saturated heterocycles. The van der Waals surface area contributed by atoms with E-state index in [1.165, 1.54) is 25.1 Å². The Hall–Kier alpha value is -2.06. The number of thioether (sulfide) groups is 1. The van der Waals surface area contributed by atoms with Crippen LogP contribution in [-0.4, -0.2) is 38.9 Å². The Morgan fingerprint density at radius 3 is 2.38 bits per heavy atom. The number of benzene rings is 2. The molecule has 2 aromatic rings. The minimum absolute atomic E-state index is 0.142. The van der Waals surface area contributed by atoms with E-state index in [0.717, 1.165) is 21.5 Å². The molecule has 2 rings (SSSR count). The van der Waals surface area contributed by atoms with Gasteiger partial charge in [-0.05, 0) is 31.2 Å². The van der Waals surface area contributed by atoms with Crippen molar-refractivity contribution in [3.63, 3.8) is 0 Å².